The molecule has 4 nitrogen and oxygen atoms in total. The Kier molecular flexibility index (Phi) is 9.22. The van der Waals surface area contributed by atoms with E-state index in [1.165, 1.54) is 11.4 Å². The molecule has 1 heterocycles. The molecule has 2 unspecified atom stereocenters. The van der Waals surface area contributed by atoms with Crippen LogP contribution in [-0.4, -0.2) is 47.7 Å². The molecule has 2 atom stereocenters. The average molecular weight is 370 g/mol. The summed E-state index contributed by atoms with van der Waals surface area (Å²) in [6, 6.07) is 0.461. The third-order valence-corrected chi connectivity index (χ3v) is 3.83. The van der Waals surface area contributed by atoms with Crippen molar-refractivity contribution in [2.45, 2.75) is 91.4 Å². The van der Waals surface area contributed by atoms with E-state index in [9.17, 15) is 0 Å². The van der Waals surface area contributed by atoms with Crippen molar-refractivity contribution in [3.63, 3.8) is 0 Å². The Labute approximate surface area is 153 Å². The summed E-state index contributed by atoms with van der Waals surface area (Å²) in [7, 11) is 0. The van der Waals surface area contributed by atoms with Gasteiger partial charge in [0.2, 0.25) is 0 Å². The van der Waals surface area contributed by atoms with E-state index in [4.69, 9.17) is 20.6 Å². The van der Waals surface area contributed by atoms with Crippen LogP contribution in [0.3, 0.4) is 0 Å². The minimum Gasteiger partial charge on any atom is -0.655 e. The van der Waals surface area contributed by atoms with E-state index < -0.39 is 0 Å². The van der Waals surface area contributed by atoms with Crippen molar-refractivity contribution in [1.82, 2.24) is 0 Å². The van der Waals surface area contributed by atoms with Gasteiger partial charge in [-0.05, 0) is 40.5 Å². The molecule has 0 N–H and O–H groups in total. The molecule has 0 spiro atoms. The second kappa shape index (κ2) is 9.31. The minimum absolute atomic E-state index is 0. The van der Waals surface area contributed by atoms with E-state index >= 15 is 0 Å². The number of hydrogen-bond donors (Lipinski definition) is 0. The van der Waals surface area contributed by atoms with E-state index in [1.807, 2.05) is 0 Å². The van der Waals surface area contributed by atoms with E-state index in [2.05, 4.69) is 55.4 Å². The molecular weight excluding hydrogens is 336 g/mol. The number of aliphatic imine (C=N–C) groups is 2. The van der Waals surface area contributed by atoms with Crippen LogP contribution in [0.25, 0.3) is 10.6 Å². The van der Waals surface area contributed by atoms with Crippen molar-refractivity contribution in [3.05, 3.63) is 10.6 Å². The maximum Gasteiger partial charge on any atom is 2.00 e. The van der Waals surface area contributed by atoms with E-state index in [0.717, 1.165) is 25.9 Å². The zero-order chi connectivity index (χ0) is 17.0. The summed E-state index contributed by atoms with van der Waals surface area (Å²) in [5.41, 5.74) is 2.18. The Morgan fingerprint density at radius 1 is 0.783 bits per heavy atom. The van der Waals surface area contributed by atoms with Crippen LogP contribution in [0.5, 0.6) is 0 Å². The molecule has 5 heteroatoms. The van der Waals surface area contributed by atoms with Gasteiger partial charge in [0, 0.05) is 23.5 Å². The maximum absolute atomic E-state index is 4.86. The zero-order valence-corrected chi connectivity index (χ0v) is 17.0. The van der Waals surface area contributed by atoms with E-state index in [0.29, 0.717) is 0 Å². The first-order valence-electron chi connectivity index (χ1n) is 8.43. The van der Waals surface area contributed by atoms with Crippen molar-refractivity contribution >= 4 is 11.4 Å². The predicted molar refractivity (Wildman–Crippen MR) is 99.0 cm³/mol. The zero-order valence-electron chi connectivity index (χ0n) is 16.1. The molecule has 0 saturated carbocycles. The van der Waals surface area contributed by atoms with Gasteiger partial charge >= 0.3 is 17.1 Å². The van der Waals surface area contributed by atoms with Crippen LogP contribution in [0.2, 0.25) is 0 Å². The van der Waals surface area contributed by atoms with Crippen molar-refractivity contribution in [2.75, 3.05) is 13.1 Å². The number of hydrogen-bond acceptors (Lipinski definition) is 2. The van der Waals surface area contributed by atoms with Gasteiger partial charge in [0.25, 0.3) is 0 Å². The second-order valence-corrected chi connectivity index (χ2v) is 8.09. The fraction of sp³-hybridized carbons (Fsp3) is 0.889. The first-order valence-corrected chi connectivity index (χ1v) is 8.43. The van der Waals surface area contributed by atoms with Crippen molar-refractivity contribution in [1.29, 1.82) is 0 Å². The van der Waals surface area contributed by atoms with Crippen LogP contribution in [0, 0.1) is 0 Å². The molecule has 1 aliphatic heterocycles. The molecule has 0 fully saturated rings. The SMILES string of the molecule is CC1=NC(C)C[N-]C(C)(C)CC(C)=NC(C)C[N-]C(C)(C)C1.[Cu+2]. The largest absolute Gasteiger partial charge is 2.00 e. The Morgan fingerprint density at radius 2 is 1.09 bits per heavy atom. The first-order chi connectivity index (χ1) is 9.99. The van der Waals surface area contributed by atoms with Gasteiger partial charge in [0.05, 0.1) is 0 Å². The monoisotopic (exact) mass is 369 g/mol. The summed E-state index contributed by atoms with van der Waals surface area (Å²) in [4.78, 5) is 9.59. The summed E-state index contributed by atoms with van der Waals surface area (Å²) in [6.07, 6.45) is 1.80. The molecule has 0 bridgehead atoms. The minimum atomic E-state index is -0.0779. The van der Waals surface area contributed by atoms with E-state index in [1.54, 1.807) is 0 Å². The van der Waals surface area contributed by atoms with Crippen molar-refractivity contribution in [3.8, 4) is 0 Å². The smallest absolute Gasteiger partial charge is 0.655 e. The molecule has 0 aromatic heterocycles. The van der Waals surface area contributed by atoms with Crippen LogP contribution >= 0.6 is 0 Å². The Bertz CT molecular complexity index is 387. The summed E-state index contributed by atoms with van der Waals surface area (Å²) in [5.74, 6) is 0. The number of nitrogens with zero attached hydrogens (tertiary/aromatic N) is 4. The Hall–Kier alpha value is -0.221. The van der Waals surface area contributed by atoms with Crippen LogP contribution in [-0.2, 0) is 17.1 Å². The molecule has 0 aliphatic carbocycles. The first kappa shape index (κ1) is 22.8. The van der Waals surface area contributed by atoms with Gasteiger partial charge in [0.15, 0.2) is 0 Å². The van der Waals surface area contributed by atoms with Gasteiger partial charge in [0.1, 0.15) is 0 Å². The van der Waals surface area contributed by atoms with Crippen LogP contribution in [0.15, 0.2) is 9.98 Å². The predicted octanol–water partition coefficient (Wildman–Crippen LogP) is 4.78. The van der Waals surface area contributed by atoms with Crippen LogP contribution < -0.4 is 0 Å². The normalized spacial score (nSPS) is 29.6. The third-order valence-electron chi connectivity index (χ3n) is 3.83. The molecule has 23 heavy (non-hydrogen) atoms. The summed E-state index contributed by atoms with van der Waals surface area (Å²) in [5, 5.41) is 9.72. The molecule has 0 saturated heterocycles. The molecule has 1 aliphatic rings. The van der Waals surface area contributed by atoms with Gasteiger partial charge in [-0.15, -0.1) is 24.2 Å². The van der Waals surface area contributed by atoms with Crippen LogP contribution in [0.4, 0.5) is 0 Å². The van der Waals surface area contributed by atoms with Crippen molar-refractivity contribution < 1.29 is 17.1 Å². The van der Waals surface area contributed by atoms with Gasteiger partial charge in [-0.2, -0.15) is 0 Å². The molecule has 0 aromatic carbocycles. The fourth-order valence-electron chi connectivity index (χ4n) is 3.05. The number of rotatable bonds is 0. The fourth-order valence-corrected chi connectivity index (χ4v) is 3.05. The summed E-state index contributed by atoms with van der Waals surface area (Å²) >= 11 is 0. The molecule has 0 aromatic rings. The van der Waals surface area contributed by atoms with Crippen molar-refractivity contribution in [2.24, 2.45) is 9.98 Å². The van der Waals surface area contributed by atoms with Gasteiger partial charge in [-0.3, -0.25) is 9.98 Å². The Balaban J connectivity index is 0.00000484. The quantitative estimate of drug-likeness (QED) is 0.551. The molecule has 1 rings (SSSR count). The molecule has 0 amide bonds. The Morgan fingerprint density at radius 3 is 1.39 bits per heavy atom. The van der Waals surface area contributed by atoms with Gasteiger partial charge in [-0.1, -0.05) is 27.7 Å². The molecular formula is C18H34CuN4. The molecule has 1 radical (unpaired) electrons. The second-order valence-electron chi connectivity index (χ2n) is 8.09. The third kappa shape index (κ3) is 9.61. The maximum atomic E-state index is 4.86. The topological polar surface area (TPSA) is 52.9 Å². The summed E-state index contributed by atoms with van der Waals surface area (Å²) in [6.45, 7) is 18.8. The van der Waals surface area contributed by atoms with Crippen LogP contribution in [0.1, 0.15) is 68.2 Å². The van der Waals surface area contributed by atoms with Gasteiger partial charge in [-0.25, -0.2) is 0 Å². The summed E-state index contributed by atoms with van der Waals surface area (Å²) < 4.78 is 0. The standard InChI is InChI=1S/C18H34N4.Cu/c1-13-9-17(5,6)19-12-16(4)22-14(2)10-18(7,8)20-11-15(3)21-13;/h15-16H,9-12H2,1-8H3;/q-2;+2. The van der Waals surface area contributed by atoms with Gasteiger partial charge < -0.3 is 10.6 Å². The van der Waals surface area contributed by atoms with E-state index in [-0.39, 0.29) is 40.2 Å². The average Bonchev–Trinajstić information content (AvgIpc) is 2.31. The molecule has 137 valence electrons.